The minimum absolute atomic E-state index is 0.319. The van der Waals surface area contributed by atoms with E-state index in [9.17, 15) is 0 Å². The van der Waals surface area contributed by atoms with Gasteiger partial charge >= 0.3 is 0 Å². The molecule has 3 heterocycles. The lowest BCUT2D eigenvalue weighted by Crippen LogP contribution is -2.37. The van der Waals surface area contributed by atoms with Crippen LogP contribution in [-0.2, 0) is 10.8 Å². The van der Waals surface area contributed by atoms with Crippen molar-refractivity contribution in [3.8, 4) is 90.2 Å². The molecule has 0 fully saturated rings. The molecule has 0 radical (unpaired) electrons. The number of rotatable bonds is 6. The molecule has 1 spiro atoms. The molecule has 0 N–H and O–H groups in total. The lowest BCUT2D eigenvalue weighted by Gasteiger charge is -2.45. The first kappa shape index (κ1) is 40.2. The lowest BCUT2D eigenvalue weighted by molar-refractivity contribution is 0.399. The maximum atomic E-state index is 7.32. The Balaban J connectivity index is 1.21. The van der Waals surface area contributed by atoms with Crippen LogP contribution in [0.15, 0.2) is 225 Å². The number of benzene rings is 9. The molecule has 0 bridgehead atoms. The number of para-hydroxylation sites is 3. The van der Waals surface area contributed by atoms with Gasteiger partial charge in [-0.2, -0.15) is 0 Å². The minimum Gasteiger partial charge on any atom is -0.457 e. The summed E-state index contributed by atoms with van der Waals surface area (Å²) < 4.78 is 14.0. The predicted molar refractivity (Wildman–Crippen MR) is 272 cm³/mol. The van der Waals surface area contributed by atoms with E-state index in [2.05, 4.69) is 227 Å². The number of hydrogen-bond acceptors (Lipinski definition) is 4. The summed E-state index contributed by atoms with van der Waals surface area (Å²) in [4.78, 5) is 11.0. The van der Waals surface area contributed by atoms with Crippen LogP contribution in [0.1, 0.15) is 48.6 Å². The third-order valence-electron chi connectivity index (χ3n) is 13.4. The molecule has 0 aliphatic carbocycles. The molecule has 67 heavy (non-hydrogen) atoms. The monoisotopic (exact) mass is 862 g/mol. The molecule has 0 atom stereocenters. The van der Waals surface area contributed by atoms with Crippen LogP contribution >= 0.6 is 0 Å². The average Bonchev–Trinajstić information content (AvgIpc) is 3.38. The molecule has 0 unspecified atom stereocenters. The van der Waals surface area contributed by atoms with Crippen LogP contribution in [0.2, 0.25) is 0 Å². The second-order valence-corrected chi connectivity index (χ2v) is 18.4. The van der Waals surface area contributed by atoms with Crippen molar-refractivity contribution < 1.29 is 9.47 Å². The van der Waals surface area contributed by atoms with Gasteiger partial charge in [-0.3, -0.25) is 0 Å². The normalized spacial score (nSPS) is 13.1. The molecule has 12 rings (SSSR count). The standard InChI is InChI=1S/C63H46N2O2/c1-62(2,3)50-36-37-51-60(67-55-35-21-18-32-49(55)63(51)47-30-16-19-33-53(47)66-54-34-20-17-31-48(54)63)58(50)61-64-39-38-52(65-61)59-56(43-26-12-6-13-27-43)45(41-22-8-4-9-23-41)40-46(42-24-10-5-11-25-42)57(59)44-28-14-7-15-29-44/h4-40H,1-3H3. The molecule has 4 nitrogen and oxygen atoms in total. The Bertz CT molecular complexity index is 3320. The Hall–Kier alpha value is -8.34. The second kappa shape index (κ2) is 16.0. The van der Waals surface area contributed by atoms with Gasteiger partial charge in [0.15, 0.2) is 5.82 Å². The lowest BCUT2D eigenvalue weighted by atomic mass is 9.61. The van der Waals surface area contributed by atoms with E-state index in [0.717, 1.165) is 112 Å². The molecule has 1 aromatic heterocycles. The topological polar surface area (TPSA) is 44.2 Å². The average molecular weight is 863 g/mol. The van der Waals surface area contributed by atoms with Crippen LogP contribution < -0.4 is 9.47 Å². The highest BCUT2D eigenvalue weighted by Gasteiger charge is 2.51. The molecule has 2 aliphatic rings. The van der Waals surface area contributed by atoms with E-state index in [-0.39, 0.29) is 5.41 Å². The van der Waals surface area contributed by atoms with Gasteiger partial charge in [0.2, 0.25) is 0 Å². The first-order chi connectivity index (χ1) is 32.9. The van der Waals surface area contributed by atoms with E-state index in [0.29, 0.717) is 5.82 Å². The summed E-state index contributed by atoms with van der Waals surface area (Å²) in [5.41, 5.74) is 15.7. The van der Waals surface area contributed by atoms with Crippen molar-refractivity contribution in [3.63, 3.8) is 0 Å². The van der Waals surface area contributed by atoms with Gasteiger partial charge in [0.25, 0.3) is 0 Å². The van der Waals surface area contributed by atoms with E-state index in [1.165, 1.54) is 0 Å². The van der Waals surface area contributed by atoms with Crippen LogP contribution in [0.25, 0.3) is 67.2 Å². The number of aromatic nitrogens is 2. The third kappa shape index (κ3) is 6.51. The van der Waals surface area contributed by atoms with Crippen LogP contribution in [-0.4, -0.2) is 9.97 Å². The van der Waals surface area contributed by atoms with Crippen molar-refractivity contribution in [1.29, 1.82) is 0 Å². The van der Waals surface area contributed by atoms with Crippen molar-refractivity contribution in [2.45, 2.75) is 31.6 Å². The fraction of sp³-hybridized carbons (Fsp3) is 0.0794. The zero-order chi connectivity index (χ0) is 45.1. The van der Waals surface area contributed by atoms with Crippen molar-refractivity contribution >= 4 is 0 Å². The largest absolute Gasteiger partial charge is 0.457 e. The molecule has 0 saturated carbocycles. The quantitative estimate of drug-likeness (QED) is 0.167. The van der Waals surface area contributed by atoms with Crippen LogP contribution in [0.3, 0.4) is 0 Å². The predicted octanol–water partition coefficient (Wildman–Crippen LogP) is 16.4. The fourth-order valence-electron chi connectivity index (χ4n) is 10.6. The van der Waals surface area contributed by atoms with Gasteiger partial charge in [-0.05, 0) is 85.8 Å². The molecule has 0 saturated heterocycles. The van der Waals surface area contributed by atoms with E-state index < -0.39 is 5.41 Å². The molecule has 10 aromatic rings. The van der Waals surface area contributed by atoms with Crippen molar-refractivity contribution in [2.75, 3.05) is 0 Å². The summed E-state index contributed by atoms with van der Waals surface area (Å²) in [7, 11) is 0. The third-order valence-corrected chi connectivity index (χ3v) is 13.4. The van der Waals surface area contributed by atoms with Gasteiger partial charge in [0, 0.05) is 34.0 Å². The minimum atomic E-state index is -0.770. The summed E-state index contributed by atoms with van der Waals surface area (Å²) >= 11 is 0. The van der Waals surface area contributed by atoms with Crippen molar-refractivity contribution in [3.05, 3.63) is 252 Å². The molecule has 2 aliphatic heterocycles. The summed E-state index contributed by atoms with van der Waals surface area (Å²) in [6, 6.07) is 77.2. The Morgan fingerprint density at radius 1 is 0.388 bits per heavy atom. The fourth-order valence-corrected chi connectivity index (χ4v) is 10.6. The van der Waals surface area contributed by atoms with E-state index >= 15 is 0 Å². The van der Waals surface area contributed by atoms with Gasteiger partial charge in [0.05, 0.1) is 16.7 Å². The summed E-state index contributed by atoms with van der Waals surface area (Å²) in [6.07, 6.45) is 1.93. The highest BCUT2D eigenvalue weighted by Crippen LogP contribution is 2.63. The Morgan fingerprint density at radius 2 is 0.821 bits per heavy atom. The summed E-state index contributed by atoms with van der Waals surface area (Å²) in [6.45, 7) is 6.76. The second-order valence-electron chi connectivity index (χ2n) is 18.4. The first-order valence-electron chi connectivity index (χ1n) is 23.0. The first-order valence-corrected chi connectivity index (χ1v) is 23.0. The molecule has 9 aromatic carbocycles. The smallest absolute Gasteiger partial charge is 0.163 e. The van der Waals surface area contributed by atoms with Gasteiger partial charge in [-0.1, -0.05) is 209 Å². The number of fused-ring (bicyclic) bond motifs is 8. The molecule has 4 heteroatoms. The molecule has 320 valence electrons. The maximum absolute atomic E-state index is 7.32. The molecular weight excluding hydrogens is 817 g/mol. The molecule has 0 amide bonds. The van der Waals surface area contributed by atoms with Gasteiger partial charge in [-0.25, -0.2) is 9.97 Å². The van der Waals surface area contributed by atoms with E-state index in [4.69, 9.17) is 19.4 Å². The Labute approximate surface area is 391 Å². The van der Waals surface area contributed by atoms with Crippen LogP contribution in [0, 0.1) is 0 Å². The maximum Gasteiger partial charge on any atom is 0.163 e. The highest BCUT2D eigenvalue weighted by molar-refractivity contribution is 6.07. The summed E-state index contributed by atoms with van der Waals surface area (Å²) in [5, 5.41) is 0. The number of ether oxygens (including phenoxy) is 2. The van der Waals surface area contributed by atoms with Gasteiger partial charge in [-0.15, -0.1) is 0 Å². The highest BCUT2D eigenvalue weighted by atomic mass is 16.5. The van der Waals surface area contributed by atoms with Crippen molar-refractivity contribution in [2.24, 2.45) is 0 Å². The van der Waals surface area contributed by atoms with Crippen LogP contribution in [0.5, 0.6) is 23.0 Å². The zero-order valence-corrected chi connectivity index (χ0v) is 37.6. The SMILES string of the molecule is CC(C)(C)c1ccc2c(c1-c1nccc(-c3c(-c4ccccc4)c(-c4ccccc4)cc(-c4ccccc4)c3-c3ccccc3)n1)Oc1ccccc1C21c2ccccc2Oc2ccccc21. The Kier molecular flexibility index (Phi) is 9.58. The van der Waals surface area contributed by atoms with E-state index in [1.54, 1.807) is 0 Å². The van der Waals surface area contributed by atoms with Crippen molar-refractivity contribution in [1.82, 2.24) is 9.97 Å². The molecular formula is C63H46N2O2. The van der Waals surface area contributed by atoms with Gasteiger partial charge in [0.1, 0.15) is 23.0 Å². The van der Waals surface area contributed by atoms with Crippen LogP contribution in [0.4, 0.5) is 0 Å². The summed E-state index contributed by atoms with van der Waals surface area (Å²) in [5.74, 6) is 3.75. The van der Waals surface area contributed by atoms with E-state index in [1.807, 2.05) is 18.3 Å². The number of nitrogens with zero attached hydrogens (tertiary/aromatic N) is 2. The Morgan fingerprint density at radius 3 is 1.30 bits per heavy atom. The number of hydrogen-bond donors (Lipinski definition) is 0. The van der Waals surface area contributed by atoms with Gasteiger partial charge < -0.3 is 9.47 Å². The zero-order valence-electron chi connectivity index (χ0n) is 37.6.